The number of carbonyl (C=O) groups is 1. The van der Waals surface area contributed by atoms with Gasteiger partial charge in [0.25, 0.3) is 0 Å². The number of nitrogens with two attached hydrogens (primary N) is 1. The lowest BCUT2D eigenvalue weighted by molar-refractivity contribution is 0.101. The molecule has 0 bridgehead atoms. The summed E-state index contributed by atoms with van der Waals surface area (Å²) in [6.07, 6.45) is 1.44. The van der Waals surface area contributed by atoms with Gasteiger partial charge >= 0.3 is 0 Å². The van der Waals surface area contributed by atoms with Gasteiger partial charge in [0.05, 0.1) is 5.69 Å². The molecule has 7 nitrogen and oxygen atoms in total. The average Bonchev–Trinajstić information content (AvgIpc) is 2.88. The highest BCUT2D eigenvalue weighted by Gasteiger charge is 2.13. The van der Waals surface area contributed by atoms with Crippen LogP contribution in [0.15, 0.2) is 36.7 Å². The van der Waals surface area contributed by atoms with Crippen LogP contribution in [0.2, 0.25) is 0 Å². The van der Waals surface area contributed by atoms with Gasteiger partial charge in [0.15, 0.2) is 17.4 Å². The molecule has 3 rings (SSSR count). The number of aryl methyl sites for hydroxylation is 2. The van der Waals surface area contributed by atoms with Crippen LogP contribution >= 0.6 is 0 Å². The average molecular weight is 322 g/mol. The fraction of sp³-hybridized carbons (Fsp3) is 0.176. The third-order valence-electron chi connectivity index (χ3n) is 3.63. The molecule has 0 aliphatic heterocycles. The predicted molar refractivity (Wildman–Crippen MR) is 92.8 cm³/mol. The molecule has 3 N–H and O–H groups in total. The molecule has 3 aromatic rings. The predicted octanol–water partition coefficient (Wildman–Crippen LogP) is 2.81. The minimum Gasteiger partial charge on any atom is -0.393 e. The Morgan fingerprint density at radius 3 is 2.46 bits per heavy atom. The highest BCUT2D eigenvalue weighted by atomic mass is 16.1. The van der Waals surface area contributed by atoms with Crippen LogP contribution < -0.4 is 11.1 Å². The van der Waals surface area contributed by atoms with Gasteiger partial charge in [-0.3, -0.25) is 4.79 Å². The molecule has 2 aromatic heterocycles. The van der Waals surface area contributed by atoms with Crippen molar-refractivity contribution in [2.45, 2.75) is 20.8 Å². The van der Waals surface area contributed by atoms with Crippen LogP contribution in [0.4, 0.5) is 17.2 Å². The first-order valence-electron chi connectivity index (χ1n) is 7.48. The zero-order chi connectivity index (χ0) is 17.3. The van der Waals surface area contributed by atoms with Gasteiger partial charge < -0.3 is 11.1 Å². The molecular formula is C17H18N6O. The lowest BCUT2D eigenvalue weighted by Gasteiger charge is -2.12. The number of aromatic nitrogens is 4. The normalized spacial score (nSPS) is 10.6. The number of nitrogens with zero attached hydrogens (tertiary/aromatic N) is 4. The van der Waals surface area contributed by atoms with Gasteiger partial charge in [-0.2, -0.15) is 5.10 Å². The Labute approximate surface area is 139 Å². The molecule has 7 heteroatoms. The maximum atomic E-state index is 11.3. The Morgan fingerprint density at radius 2 is 1.88 bits per heavy atom. The minimum atomic E-state index is 0.0231. The van der Waals surface area contributed by atoms with Crippen molar-refractivity contribution >= 4 is 23.0 Å². The van der Waals surface area contributed by atoms with Gasteiger partial charge in [0.1, 0.15) is 12.0 Å². The number of nitrogens with one attached hydrogen (secondary N) is 1. The molecule has 0 unspecified atom stereocenters. The quantitative estimate of drug-likeness (QED) is 0.717. The third-order valence-corrected chi connectivity index (χ3v) is 3.63. The molecule has 0 aliphatic rings. The van der Waals surface area contributed by atoms with E-state index in [1.807, 2.05) is 19.9 Å². The van der Waals surface area contributed by atoms with Gasteiger partial charge in [0, 0.05) is 16.9 Å². The second kappa shape index (κ2) is 6.11. The molecule has 0 radical (unpaired) electrons. The van der Waals surface area contributed by atoms with E-state index in [2.05, 4.69) is 20.4 Å². The number of carbonyl (C=O) groups excluding carboxylic acids is 1. The second-order valence-electron chi connectivity index (χ2n) is 5.56. The van der Waals surface area contributed by atoms with Crippen molar-refractivity contribution in [1.82, 2.24) is 19.7 Å². The van der Waals surface area contributed by atoms with E-state index >= 15 is 0 Å². The van der Waals surface area contributed by atoms with Crippen molar-refractivity contribution in [3.8, 4) is 5.82 Å². The summed E-state index contributed by atoms with van der Waals surface area (Å²) in [5, 5.41) is 7.55. The number of rotatable bonds is 4. The Hall–Kier alpha value is -3.22. The van der Waals surface area contributed by atoms with Crippen LogP contribution in [0.1, 0.15) is 28.7 Å². The second-order valence-corrected chi connectivity index (χ2v) is 5.56. The van der Waals surface area contributed by atoms with E-state index in [1.54, 1.807) is 28.9 Å². The van der Waals surface area contributed by atoms with Crippen LogP contribution in [-0.2, 0) is 0 Å². The zero-order valence-corrected chi connectivity index (χ0v) is 13.7. The number of nitrogen functional groups attached to an aromatic ring is 1. The number of benzene rings is 1. The molecule has 0 amide bonds. The fourth-order valence-corrected chi connectivity index (χ4v) is 2.42. The summed E-state index contributed by atoms with van der Waals surface area (Å²) in [5.41, 5.74) is 9.88. The largest absolute Gasteiger partial charge is 0.393 e. The van der Waals surface area contributed by atoms with Crippen LogP contribution in [0.5, 0.6) is 0 Å². The molecule has 0 atom stereocenters. The topological polar surface area (TPSA) is 98.7 Å². The SMILES string of the molecule is CC(=O)c1ccc(Nc2ncnc(-n3nc(C)cc3C)c2N)cc1. The molecule has 0 fully saturated rings. The Bertz CT molecular complexity index is 898. The molecule has 24 heavy (non-hydrogen) atoms. The van der Waals surface area contributed by atoms with E-state index in [0.29, 0.717) is 22.9 Å². The summed E-state index contributed by atoms with van der Waals surface area (Å²) in [6, 6.07) is 9.07. The monoisotopic (exact) mass is 322 g/mol. The number of anilines is 3. The van der Waals surface area contributed by atoms with E-state index in [1.165, 1.54) is 13.3 Å². The highest BCUT2D eigenvalue weighted by molar-refractivity contribution is 5.94. The van der Waals surface area contributed by atoms with Crippen molar-refractivity contribution in [3.05, 3.63) is 53.6 Å². The number of ketones is 1. The molecule has 0 aliphatic carbocycles. The van der Waals surface area contributed by atoms with Gasteiger partial charge in [0.2, 0.25) is 0 Å². The minimum absolute atomic E-state index is 0.0231. The first-order chi connectivity index (χ1) is 11.5. The molecule has 122 valence electrons. The fourth-order valence-electron chi connectivity index (χ4n) is 2.42. The Morgan fingerprint density at radius 1 is 1.17 bits per heavy atom. The van der Waals surface area contributed by atoms with Gasteiger partial charge in [-0.25, -0.2) is 14.6 Å². The van der Waals surface area contributed by atoms with Crippen molar-refractivity contribution < 1.29 is 4.79 Å². The smallest absolute Gasteiger partial charge is 0.182 e. The molecule has 0 saturated heterocycles. The Balaban J connectivity index is 1.93. The van der Waals surface area contributed by atoms with Gasteiger partial charge in [-0.1, -0.05) is 0 Å². The van der Waals surface area contributed by atoms with E-state index in [9.17, 15) is 4.79 Å². The van der Waals surface area contributed by atoms with Crippen molar-refractivity contribution in [3.63, 3.8) is 0 Å². The van der Waals surface area contributed by atoms with Crippen LogP contribution in [0, 0.1) is 13.8 Å². The maximum absolute atomic E-state index is 11.3. The first-order valence-corrected chi connectivity index (χ1v) is 7.48. The van der Waals surface area contributed by atoms with Gasteiger partial charge in [-0.15, -0.1) is 0 Å². The maximum Gasteiger partial charge on any atom is 0.182 e. The summed E-state index contributed by atoms with van der Waals surface area (Å²) >= 11 is 0. The Kier molecular flexibility index (Phi) is 3.99. The lowest BCUT2D eigenvalue weighted by atomic mass is 10.1. The van der Waals surface area contributed by atoms with Crippen LogP contribution in [-0.4, -0.2) is 25.5 Å². The first kappa shape index (κ1) is 15.7. The molecule has 0 saturated carbocycles. The lowest BCUT2D eigenvalue weighted by Crippen LogP contribution is -2.09. The standard InChI is InChI=1S/C17H18N6O/c1-10-8-11(2)23(22-10)17-15(18)16(19-9-20-17)21-14-6-4-13(5-7-14)12(3)24/h4-9H,18H2,1-3H3,(H,19,20,21). The zero-order valence-electron chi connectivity index (χ0n) is 13.7. The number of Topliss-reactive ketones (excluding diaryl/α,β-unsaturated/α-hetero) is 1. The van der Waals surface area contributed by atoms with E-state index in [-0.39, 0.29) is 5.78 Å². The van der Waals surface area contributed by atoms with E-state index < -0.39 is 0 Å². The molecular weight excluding hydrogens is 304 g/mol. The molecule has 2 heterocycles. The van der Waals surface area contributed by atoms with E-state index in [0.717, 1.165) is 17.1 Å². The summed E-state index contributed by atoms with van der Waals surface area (Å²) in [5.74, 6) is 1.04. The van der Waals surface area contributed by atoms with Crippen molar-refractivity contribution in [1.29, 1.82) is 0 Å². The molecule has 0 spiro atoms. The summed E-state index contributed by atoms with van der Waals surface area (Å²) in [6.45, 7) is 5.39. The summed E-state index contributed by atoms with van der Waals surface area (Å²) < 4.78 is 1.69. The van der Waals surface area contributed by atoms with Gasteiger partial charge in [-0.05, 0) is 51.1 Å². The van der Waals surface area contributed by atoms with E-state index in [4.69, 9.17) is 5.73 Å². The highest BCUT2D eigenvalue weighted by Crippen LogP contribution is 2.25. The summed E-state index contributed by atoms with van der Waals surface area (Å²) in [7, 11) is 0. The van der Waals surface area contributed by atoms with Crippen LogP contribution in [0.3, 0.4) is 0 Å². The third kappa shape index (κ3) is 2.96. The summed E-state index contributed by atoms with van der Waals surface area (Å²) in [4.78, 5) is 19.8. The molecule has 1 aromatic carbocycles. The number of hydrogen-bond acceptors (Lipinski definition) is 6. The van der Waals surface area contributed by atoms with Crippen LogP contribution in [0.25, 0.3) is 5.82 Å². The number of hydrogen-bond donors (Lipinski definition) is 2. The van der Waals surface area contributed by atoms with Crippen molar-refractivity contribution in [2.75, 3.05) is 11.1 Å². The van der Waals surface area contributed by atoms with Crippen molar-refractivity contribution in [2.24, 2.45) is 0 Å².